The van der Waals surface area contributed by atoms with Crippen molar-refractivity contribution >= 4 is 40.5 Å². The van der Waals surface area contributed by atoms with E-state index in [1.54, 1.807) is 19.2 Å². The second-order valence-corrected chi connectivity index (χ2v) is 11.3. The Morgan fingerprint density at radius 2 is 1.47 bits per heavy atom. The summed E-state index contributed by atoms with van der Waals surface area (Å²) in [6.45, 7) is 4.80. The molecular weight excluding hydrogens is 578 g/mol. The SMILES string of the molecule is COc1ccc(CCNC(=O)[C@@H](CC(=O)O)NC(=O)CCC(=O)N[C@H](Cc2c[nH]c3ccccc23)C(=O)NCCC(C)C)cc1. The van der Waals surface area contributed by atoms with Gasteiger partial charge in [-0.3, -0.25) is 24.0 Å². The molecule has 0 fully saturated rings. The number of carboxylic acid groups (broad SMARTS) is 1. The summed E-state index contributed by atoms with van der Waals surface area (Å²) in [5, 5.41) is 20.9. The lowest BCUT2D eigenvalue weighted by Crippen LogP contribution is -2.49. The van der Waals surface area contributed by atoms with Gasteiger partial charge in [-0.1, -0.05) is 44.2 Å². The van der Waals surface area contributed by atoms with Crippen molar-refractivity contribution in [3.63, 3.8) is 0 Å². The van der Waals surface area contributed by atoms with Crippen molar-refractivity contribution in [1.82, 2.24) is 26.3 Å². The van der Waals surface area contributed by atoms with Crippen LogP contribution in [0.15, 0.2) is 54.7 Å². The first-order chi connectivity index (χ1) is 21.5. The minimum absolute atomic E-state index is 0.233. The lowest BCUT2D eigenvalue weighted by molar-refractivity contribution is -0.140. The Hall–Kier alpha value is -4.87. The summed E-state index contributed by atoms with van der Waals surface area (Å²) >= 11 is 0. The summed E-state index contributed by atoms with van der Waals surface area (Å²) in [6, 6.07) is 12.8. The van der Waals surface area contributed by atoms with Crippen LogP contribution in [0.25, 0.3) is 10.9 Å². The van der Waals surface area contributed by atoms with Crippen molar-refractivity contribution < 1.29 is 33.8 Å². The number of aromatic nitrogens is 1. The number of para-hydroxylation sites is 1. The Labute approximate surface area is 262 Å². The molecule has 2 aromatic carbocycles. The Balaban J connectivity index is 1.54. The fraction of sp³-hybridized carbons (Fsp3) is 0.424. The molecule has 0 unspecified atom stereocenters. The number of fused-ring (bicyclic) bond motifs is 1. The summed E-state index contributed by atoms with van der Waals surface area (Å²) in [7, 11) is 1.57. The lowest BCUT2D eigenvalue weighted by Gasteiger charge is -2.19. The van der Waals surface area contributed by atoms with Crippen LogP contribution in [0.5, 0.6) is 5.75 Å². The third kappa shape index (κ3) is 11.6. The van der Waals surface area contributed by atoms with Gasteiger partial charge in [-0.25, -0.2) is 0 Å². The van der Waals surface area contributed by atoms with Gasteiger partial charge in [0.2, 0.25) is 23.6 Å². The second-order valence-electron chi connectivity index (χ2n) is 11.3. The van der Waals surface area contributed by atoms with E-state index >= 15 is 0 Å². The predicted molar refractivity (Wildman–Crippen MR) is 170 cm³/mol. The molecule has 0 bridgehead atoms. The van der Waals surface area contributed by atoms with Gasteiger partial charge in [0.1, 0.15) is 17.8 Å². The van der Waals surface area contributed by atoms with E-state index in [9.17, 15) is 29.1 Å². The number of aliphatic carboxylic acids is 1. The number of hydrogen-bond acceptors (Lipinski definition) is 6. The van der Waals surface area contributed by atoms with Crippen LogP contribution in [-0.2, 0) is 36.8 Å². The molecule has 1 heterocycles. The highest BCUT2D eigenvalue weighted by molar-refractivity contribution is 5.93. The van der Waals surface area contributed by atoms with E-state index in [4.69, 9.17) is 4.74 Å². The maximum atomic E-state index is 13.1. The normalized spacial score (nSPS) is 12.3. The molecule has 0 aliphatic rings. The summed E-state index contributed by atoms with van der Waals surface area (Å²) in [5.74, 6) is -2.30. The molecule has 0 aliphatic carbocycles. The second kappa shape index (κ2) is 17.4. The molecule has 3 rings (SSSR count). The van der Waals surface area contributed by atoms with E-state index in [1.807, 2.05) is 42.6 Å². The number of methoxy groups -OCH3 is 1. The Kier molecular flexibility index (Phi) is 13.4. The molecule has 45 heavy (non-hydrogen) atoms. The Morgan fingerprint density at radius 1 is 0.844 bits per heavy atom. The first-order valence-corrected chi connectivity index (χ1v) is 15.1. The Bertz CT molecular complexity index is 1450. The van der Waals surface area contributed by atoms with E-state index in [-0.39, 0.29) is 31.7 Å². The van der Waals surface area contributed by atoms with Crippen LogP contribution in [0.3, 0.4) is 0 Å². The van der Waals surface area contributed by atoms with Crippen LogP contribution in [0.2, 0.25) is 0 Å². The number of aromatic amines is 1. The van der Waals surface area contributed by atoms with Crippen molar-refractivity contribution in [1.29, 1.82) is 0 Å². The predicted octanol–water partition coefficient (Wildman–Crippen LogP) is 2.46. The summed E-state index contributed by atoms with van der Waals surface area (Å²) in [5.41, 5.74) is 2.72. The topological polar surface area (TPSA) is 179 Å². The number of carbonyl (C=O) groups is 5. The molecule has 0 spiro atoms. The maximum absolute atomic E-state index is 13.1. The minimum atomic E-state index is -1.31. The van der Waals surface area contributed by atoms with Gasteiger partial charge < -0.3 is 36.1 Å². The van der Waals surface area contributed by atoms with Gasteiger partial charge in [0.05, 0.1) is 13.5 Å². The maximum Gasteiger partial charge on any atom is 0.305 e. The molecule has 0 saturated carbocycles. The molecule has 4 amide bonds. The van der Waals surface area contributed by atoms with Crippen molar-refractivity contribution in [2.45, 2.75) is 64.5 Å². The summed E-state index contributed by atoms with van der Waals surface area (Å²) in [4.78, 5) is 65.9. The zero-order valence-corrected chi connectivity index (χ0v) is 26.0. The number of hydrogen-bond donors (Lipinski definition) is 6. The van der Waals surface area contributed by atoms with E-state index < -0.39 is 42.2 Å². The largest absolute Gasteiger partial charge is 0.497 e. The van der Waals surface area contributed by atoms with Gasteiger partial charge in [-0.2, -0.15) is 0 Å². The Morgan fingerprint density at radius 3 is 2.11 bits per heavy atom. The van der Waals surface area contributed by atoms with Gasteiger partial charge in [0, 0.05) is 49.5 Å². The third-order valence-corrected chi connectivity index (χ3v) is 7.25. The molecule has 0 saturated heterocycles. The molecule has 1 aromatic heterocycles. The standard InChI is InChI=1S/C33H43N5O7/c1-21(2)14-16-34-32(43)27(18-23-20-36-26-7-5-4-6-25(23)26)37-29(39)12-13-30(40)38-28(19-31(41)42)33(44)35-17-15-22-8-10-24(45-3)11-9-22/h4-11,20-21,27-28,36H,12-19H2,1-3H3,(H,34,43)(H,35,44)(H,37,39)(H,38,40)(H,41,42)/t27-,28-/m1/s1. The smallest absolute Gasteiger partial charge is 0.305 e. The van der Waals surface area contributed by atoms with E-state index in [0.717, 1.165) is 28.5 Å². The summed E-state index contributed by atoms with van der Waals surface area (Å²) in [6.07, 6.45) is 2.16. The van der Waals surface area contributed by atoms with Crippen molar-refractivity contribution in [2.24, 2.45) is 5.92 Å². The number of amides is 4. The number of carbonyl (C=O) groups excluding carboxylic acids is 4. The summed E-state index contributed by atoms with van der Waals surface area (Å²) < 4.78 is 5.13. The molecule has 12 heteroatoms. The van der Waals surface area contributed by atoms with Crippen molar-refractivity contribution in [3.05, 3.63) is 65.9 Å². The average Bonchev–Trinajstić information content (AvgIpc) is 3.42. The minimum Gasteiger partial charge on any atom is -0.497 e. The van der Waals surface area contributed by atoms with Crippen molar-refractivity contribution in [2.75, 3.05) is 20.2 Å². The van der Waals surface area contributed by atoms with E-state index in [2.05, 4.69) is 40.1 Å². The van der Waals surface area contributed by atoms with Gasteiger partial charge in [0.15, 0.2) is 0 Å². The molecule has 2 atom stereocenters. The highest BCUT2D eigenvalue weighted by Crippen LogP contribution is 2.19. The fourth-order valence-electron chi connectivity index (χ4n) is 4.73. The third-order valence-electron chi connectivity index (χ3n) is 7.25. The number of ether oxygens (including phenoxy) is 1. The van der Waals surface area contributed by atoms with E-state index in [1.165, 1.54) is 0 Å². The number of rotatable bonds is 18. The number of carboxylic acids is 1. The van der Waals surface area contributed by atoms with Crippen LogP contribution in [0.4, 0.5) is 0 Å². The quantitative estimate of drug-likeness (QED) is 0.126. The molecule has 3 aromatic rings. The van der Waals surface area contributed by atoms with E-state index in [0.29, 0.717) is 24.6 Å². The lowest BCUT2D eigenvalue weighted by atomic mass is 10.0. The average molecular weight is 622 g/mol. The molecule has 12 nitrogen and oxygen atoms in total. The monoisotopic (exact) mass is 621 g/mol. The van der Waals surface area contributed by atoms with Crippen LogP contribution in [-0.4, -0.2) is 72.0 Å². The zero-order chi connectivity index (χ0) is 32.8. The highest BCUT2D eigenvalue weighted by atomic mass is 16.5. The van der Waals surface area contributed by atoms with Gasteiger partial charge in [-0.15, -0.1) is 0 Å². The molecule has 6 N–H and O–H groups in total. The highest BCUT2D eigenvalue weighted by Gasteiger charge is 2.25. The first kappa shape index (κ1) is 34.6. The number of benzene rings is 2. The van der Waals surface area contributed by atoms with Crippen LogP contribution >= 0.6 is 0 Å². The van der Waals surface area contributed by atoms with Gasteiger partial charge >= 0.3 is 5.97 Å². The zero-order valence-electron chi connectivity index (χ0n) is 26.0. The number of H-pyrrole nitrogens is 1. The fourth-order valence-corrected chi connectivity index (χ4v) is 4.73. The van der Waals surface area contributed by atoms with Crippen molar-refractivity contribution in [3.8, 4) is 5.75 Å². The van der Waals surface area contributed by atoms with Crippen LogP contribution < -0.4 is 26.0 Å². The van der Waals surface area contributed by atoms with Crippen LogP contribution in [0, 0.1) is 5.92 Å². The first-order valence-electron chi connectivity index (χ1n) is 15.1. The van der Waals surface area contributed by atoms with Crippen LogP contribution in [0.1, 0.15) is 50.7 Å². The van der Waals surface area contributed by atoms with Gasteiger partial charge in [0.25, 0.3) is 0 Å². The van der Waals surface area contributed by atoms with Gasteiger partial charge in [-0.05, 0) is 48.1 Å². The molecule has 0 radical (unpaired) electrons. The molecule has 0 aliphatic heterocycles. The number of nitrogens with one attached hydrogen (secondary N) is 5. The molecular formula is C33H43N5O7. The molecule has 242 valence electrons.